The molecule has 2 rings (SSSR count). The molecule has 0 saturated carbocycles. The van der Waals surface area contributed by atoms with Crippen LogP contribution in [-0.4, -0.2) is 37.3 Å². The summed E-state index contributed by atoms with van der Waals surface area (Å²) in [6.45, 7) is 2.20. The smallest absolute Gasteiger partial charge is 0.313 e. The molecule has 1 aliphatic rings. The zero-order valence-corrected chi connectivity index (χ0v) is 9.60. The monoisotopic (exact) mass is 256 g/mol. The lowest BCUT2D eigenvalue weighted by Crippen LogP contribution is -2.41. The molecule has 1 aromatic rings. The Bertz CT molecular complexity index is 435. The molecular weight excluding hydrogens is 243 g/mol. The molecule has 0 spiro atoms. The van der Waals surface area contributed by atoms with Gasteiger partial charge in [0, 0.05) is 13.1 Å². The Morgan fingerprint density at radius 1 is 1.61 bits per heavy atom. The van der Waals surface area contributed by atoms with Gasteiger partial charge in [-0.1, -0.05) is 0 Å². The van der Waals surface area contributed by atoms with Crippen molar-refractivity contribution in [1.29, 1.82) is 0 Å². The van der Waals surface area contributed by atoms with E-state index >= 15 is 0 Å². The fourth-order valence-corrected chi connectivity index (χ4v) is 1.66. The molecule has 1 N–H and O–H groups in total. The number of morpholine rings is 1. The predicted octanol–water partition coefficient (Wildman–Crippen LogP) is 1.10. The van der Waals surface area contributed by atoms with Crippen molar-refractivity contribution in [3.63, 3.8) is 0 Å². The Morgan fingerprint density at radius 3 is 3.11 bits per heavy atom. The first-order valence-electron chi connectivity index (χ1n) is 5.56. The van der Waals surface area contributed by atoms with E-state index in [1.807, 2.05) is 0 Å². The molecule has 1 fully saturated rings. The number of nitrogens with zero attached hydrogens (tertiary/aromatic N) is 1. The highest BCUT2D eigenvalue weighted by atomic mass is 19.1. The Kier molecular flexibility index (Phi) is 4.06. The summed E-state index contributed by atoms with van der Waals surface area (Å²) in [6, 6.07) is 3.22. The van der Waals surface area contributed by atoms with Gasteiger partial charge in [0.2, 0.25) is 0 Å². The van der Waals surface area contributed by atoms with Gasteiger partial charge in [-0.3, -0.25) is 10.1 Å². The Balaban J connectivity index is 2.01. The molecule has 0 aliphatic carbocycles. The zero-order chi connectivity index (χ0) is 13.0. The van der Waals surface area contributed by atoms with E-state index in [1.54, 1.807) is 0 Å². The fourth-order valence-electron chi connectivity index (χ4n) is 1.66. The van der Waals surface area contributed by atoms with Crippen LogP contribution in [0.25, 0.3) is 0 Å². The molecule has 0 bridgehead atoms. The van der Waals surface area contributed by atoms with Crippen molar-refractivity contribution in [3.05, 3.63) is 34.1 Å². The summed E-state index contributed by atoms with van der Waals surface area (Å²) in [6.07, 6.45) is -0.150. The Morgan fingerprint density at radius 2 is 2.44 bits per heavy atom. The van der Waals surface area contributed by atoms with Crippen LogP contribution in [0.1, 0.15) is 0 Å². The summed E-state index contributed by atoms with van der Waals surface area (Å²) in [5.41, 5.74) is -0.376. The first kappa shape index (κ1) is 12.7. The van der Waals surface area contributed by atoms with Gasteiger partial charge in [0.25, 0.3) is 0 Å². The summed E-state index contributed by atoms with van der Waals surface area (Å²) in [5.74, 6) is -0.611. The van der Waals surface area contributed by atoms with Gasteiger partial charge in [0.15, 0.2) is 5.75 Å². The van der Waals surface area contributed by atoms with Gasteiger partial charge in [-0.2, -0.15) is 0 Å². The molecule has 18 heavy (non-hydrogen) atoms. The number of hydrogen-bond donors (Lipinski definition) is 1. The number of nitro benzene ring substituents is 1. The SMILES string of the molecule is O=[N+]([O-])c1cc(F)ccc1OCC1CNCCO1. The lowest BCUT2D eigenvalue weighted by Gasteiger charge is -2.23. The molecule has 1 heterocycles. The second-order valence-electron chi connectivity index (χ2n) is 3.88. The minimum atomic E-state index is -0.668. The van der Waals surface area contributed by atoms with Crippen LogP contribution in [0.4, 0.5) is 10.1 Å². The van der Waals surface area contributed by atoms with Gasteiger partial charge in [-0.15, -0.1) is 0 Å². The van der Waals surface area contributed by atoms with Crippen molar-refractivity contribution in [2.75, 3.05) is 26.3 Å². The highest BCUT2D eigenvalue weighted by Gasteiger charge is 2.19. The van der Waals surface area contributed by atoms with Gasteiger partial charge in [-0.05, 0) is 12.1 Å². The van der Waals surface area contributed by atoms with E-state index in [1.165, 1.54) is 6.07 Å². The molecule has 0 radical (unpaired) electrons. The maximum atomic E-state index is 12.9. The van der Waals surface area contributed by atoms with Crippen LogP contribution in [-0.2, 0) is 4.74 Å². The van der Waals surface area contributed by atoms with Crippen LogP contribution in [0.2, 0.25) is 0 Å². The summed E-state index contributed by atoms with van der Waals surface area (Å²) in [4.78, 5) is 10.1. The van der Waals surface area contributed by atoms with Crippen LogP contribution in [0.5, 0.6) is 5.75 Å². The molecule has 0 amide bonds. The minimum absolute atomic E-state index is 0.0515. The maximum absolute atomic E-state index is 12.9. The van der Waals surface area contributed by atoms with Crippen molar-refractivity contribution in [2.24, 2.45) is 0 Å². The van der Waals surface area contributed by atoms with Crippen molar-refractivity contribution < 1.29 is 18.8 Å². The van der Waals surface area contributed by atoms with E-state index in [2.05, 4.69) is 5.32 Å². The highest BCUT2D eigenvalue weighted by molar-refractivity contribution is 5.46. The van der Waals surface area contributed by atoms with E-state index in [0.717, 1.165) is 18.7 Å². The van der Waals surface area contributed by atoms with Gasteiger partial charge < -0.3 is 14.8 Å². The maximum Gasteiger partial charge on any atom is 0.313 e. The van der Waals surface area contributed by atoms with Gasteiger partial charge >= 0.3 is 5.69 Å². The second-order valence-corrected chi connectivity index (χ2v) is 3.88. The standard InChI is InChI=1S/C11H13FN2O4/c12-8-1-2-11(10(5-8)14(15)16)18-7-9-6-13-3-4-17-9/h1-2,5,9,13H,3-4,6-7H2. The number of halogens is 1. The number of ether oxygens (including phenoxy) is 2. The summed E-state index contributed by atoms with van der Waals surface area (Å²) in [7, 11) is 0. The third kappa shape index (κ3) is 3.14. The third-order valence-electron chi connectivity index (χ3n) is 2.55. The van der Waals surface area contributed by atoms with Crippen molar-refractivity contribution in [1.82, 2.24) is 5.32 Å². The van der Waals surface area contributed by atoms with E-state index in [0.29, 0.717) is 13.2 Å². The minimum Gasteiger partial charge on any atom is -0.484 e. The zero-order valence-electron chi connectivity index (χ0n) is 9.60. The average molecular weight is 256 g/mol. The van der Waals surface area contributed by atoms with E-state index in [-0.39, 0.29) is 24.1 Å². The normalized spacial score (nSPS) is 19.5. The number of benzene rings is 1. The molecule has 0 aromatic heterocycles. The van der Waals surface area contributed by atoms with E-state index in [4.69, 9.17) is 9.47 Å². The molecule has 7 heteroatoms. The van der Waals surface area contributed by atoms with E-state index in [9.17, 15) is 14.5 Å². The highest BCUT2D eigenvalue weighted by Crippen LogP contribution is 2.27. The molecule has 1 aromatic carbocycles. The van der Waals surface area contributed by atoms with Crippen molar-refractivity contribution in [3.8, 4) is 5.75 Å². The molecule has 98 valence electrons. The van der Waals surface area contributed by atoms with Gasteiger partial charge in [0.1, 0.15) is 18.5 Å². The Labute approximate surface area is 103 Å². The number of nitrogens with one attached hydrogen (secondary N) is 1. The van der Waals surface area contributed by atoms with Crippen LogP contribution in [0.15, 0.2) is 18.2 Å². The van der Waals surface area contributed by atoms with Crippen LogP contribution < -0.4 is 10.1 Å². The van der Waals surface area contributed by atoms with Crippen molar-refractivity contribution >= 4 is 5.69 Å². The molecule has 1 unspecified atom stereocenters. The first-order chi connectivity index (χ1) is 8.66. The fraction of sp³-hybridized carbons (Fsp3) is 0.455. The van der Waals surface area contributed by atoms with E-state index < -0.39 is 10.7 Å². The molecule has 1 atom stereocenters. The molecular formula is C11H13FN2O4. The average Bonchev–Trinajstić information content (AvgIpc) is 2.38. The number of rotatable bonds is 4. The number of hydrogen-bond acceptors (Lipinski definition) is 5. The summed E-state index contributed by atoms with van der Waals surface area (Å²) >= 11 is 0. The van der Waals surface area contributed by atoms with Gasteiger partial charge in [0.05, 0.1) is 17.6 Å². The second kappa shape index (κ2) is 5.74. The van der Waals surface area contributed by atoms with Crippen molar-refractivity contribution in [2.45, 2.75) is 6.10 Å². The lowest BCUT2D eigenvalue weighted by atomic mass is 10.3. The van der Waals surface area contributed by atoms with Crippen LogP contribution >= 0.6 is 0 Å². The lowest BCUT2D eigenvalue weighted by molar-refractivity contribution is -0.386. The van der Waals surface area contributed by atoms with Gasteiger partial charge in [-0.25, -0.2) is 4.39 Å². The molecule has 6 nitrogen and oxygen atoms in total. The van der Waals surface area contributed by atoms with Crippen LogP contribution in [0, 0.1) is 15.9 Å². The molecule has 1 aliphatic heterocycles. The summed E-state index contributed by atoms with van der Waals surface area (Å²) in [5, 5.41) is 13.9. The third-order valence-corrected chi connectivity index (χ3v) is 2.55. The first-order valence-corrected chi connectivity index (χ1v) is 5.56. The topological polar surface area (TPSA) is 73.6 Å². The Hall–Kier alpha value is -1.73. The molecule has 1 saturated heterocycles. The number of nitro groups is 1. The van der Waals surface area contributed by atoms with Crippen LogP contribution in [0.3, 0.4) is 0 Å². The summed E-state index contributed by atoms with van der Waals surface area (Å²) < 4.78 is 23.6. The predicted molar refractivity (Wildman–Crippen MR) is 61.2 cm³/mol. The largest absolute Gasteiger partial charge is 0.484 e. The quantitative estimate of drug-likeness (QED) is 0.645.